The molecule has 0 bridgehead atoms. The lowest BCUT2D eigenvalue weighted by Gasteiger charge is -2.23. The van der Waals surface area contributed by atoms with Gasteiger partial charge in [0.05, 0.1) is 6.54 Å². The van der Waals surface area contributed by atoms with Crippen LogP contribution in [0.3, 0.4) is 0 Å². The second-order valence-corrected chi connectivity index (χ2v) is 7.00. The smallest absolute Gasteiger partial charge is 0.218 e. The van der Waals surface area contributed by atoms with E-state index < -0.39 is 0 Å². The van der Waals surface area contributed by atoms with Crippen LogP contribution in [0.1, 0.15) is 51.0 Å². The van der Waals surface area contributed by atoms with Crippen molar-refractivity contribution >= 4 is 5.96 Å². The van der Waals surface area contributed by atoms with Crippen LogP contribution < -0.4 is 15.8 Å². The number of aromatic nitrogens is 1. The molecule has 3 N–H and O–H groups in total. The monoisotopic (exact) mass is 345 g/mol. The molecule has 1 aliphatic heterocycles. The highest BCUT2D eigenvalue weighted by Crippen LogP contribution is 2.25. The predicted octanol–water partition coefficient (Wildman–Crippen LogP) is 2.29. The molecule has 0 amide bonds. The minimum absolute atomic E-state index is 0.301. The number of likely N-dealkylation sites (N-methyl/N-ethyl adjacent to an activating group) is 1. The van der Waals surface area contributed by atoms with Crippen molar-refractivity contribution in [2.75, 3.05) is 19.6 Å². The van der Waals surface area contributed by atoms with Gasteiger partial charge in [0.1, 0.15) is 6.10 Å². The summed E-state index contributed by atoms with van der Waals surface area (Å²) in [5.41, 5.74) is 7.05. The van der Waals surface area contributed by atoms with E-state index in [2.05, 4.69) is 27.1 Å². The van der Waals surface area contributed by atoms with Crippen molar-refractivity contribution in [3.05, 3.63) is 23.9 Å². The molecule has 1 aromatic heterocycles. The number of hydrogen-bond donors (Lipinski definition) is 2. The van der Waals surface area contributed by atoms with Crippen molar-refractivity contribution in [2.45, 2.75) is 64.1 Å². The zero-order valence-corrected chi connectivity index (χ0v) is 15.3. The van der Waals surface area contributed by atoms with E-state index in [4.69, 9.17) is 10.5 Å². The fourth-order valence-corrected chi connectivity index (χ4v) is 3.81. The maximum Gasteiger partial charge on any atom is 0.218 e. The molecule has 2 fully saturated rings. The van der Waals surface area contributed by atoms with E-state index >= 15 is 0 Å². The Bertz CT molecular complexity index is 571. The molecule has 0 radical (unpaired) electrons. The fraction of sp³-hybridized carbons (Fsp3) is 0.684. The van der Waals surface area contributed by atoms with Gasteiger partial charge in [-0.1, -0.05) is 13.0 Å². The van der Waals surface area contributed by atoms with Gasteiger partial charge in [-0.25, -0.2) is 9.98 Å². The third-order valence-electron chi connectivity index (χ3n) is 5.27. The molecule has 25 heavy (non-hydrogen) atoms. The molecular weight excluding hydrogens is 314 g/mol. The summed E-state index contributed by atoms with van der Waals surface area (Å²) in [5, 5.41) is 3.28. The zero-order chi connectivity index (χ0) is 17.5. The van der Waals surface area contributed by atoms with Crippen LogP contribution >= 0.6 is 0 Å². The van der Waals surface area contributed by atoms with Crippen LogP contribution in [-0.2, 0) is 6.54 Å². The Labute approximate surface area is 150 Å². The zero-order valence-electron chi connectivity index (χ0n) is 15.3. The molecule has 1 atom stereocenters. The molecule has 2 aliphatic rings. The molecule has 2 heterocycles. The number of nitrogens with zero attached hydrogens (tertiary/aromatic N) is 3. The minimum Gasteiger partial charge on any atom is -0.474 e. The van der Waals surface area contributed by atoms with Gasteiger partial charge in [-0.2, -0.15) is 0 Å². The summed E-state index contributed by atoms with van der Waals surface area (Å²) in [7, 11) is 0. The number of nitrogens with one attached hydrogen (secondary N) is 1. The summed E-state index contributed by atoms with van der Waals surface area (Å²) in [6.07, 6.45) is 9.32. The summed E-state index contributed by atoms with van der Waals surface area (Å²) in [4.78, 5) is 11.4. The summed E-state index contributed by atoms with van der Waals surface area (Å²) < 4.78 is 6.06. The largest absolute Gasteiger partial charge is 0.474 e. The maximum absolute atomic E-state index is 6.06. The van der Waals surface area contributed by atoms with Crippen molar-refractivity contribution in [3.63, 3.8) is 0 Å². The first-order valence-corrected chi connectivity index (χ1v) is 9.64. The first kappa shape index (κ1) is 18.0. The van der Waals surface area contributed by atoms with E-state index in [9.17, 15) is 0 Å². The molecule has 0 aromatic carbocycles. The Balaban J connectivity index is 1.52. The van der Waals surface area contributed by atoms with Gasteiger partial charge in [0.2, 0.25) is 5.88 Å². The predicted molar refractivity (Wildman–Crippen MR) is 101 cm³/mol. The average molecular weight is 345 g/mol. The van der Waals surface area contributed by atoms with Gasteiger partial charge < -0.3 is 15.8 Å². The molecule has 6 nitrogen and oxygen atoms in total. The van der Waals surface area contributed by atoms with Crippen LogP contribution in [0.25, 0.3) is 0 Å². The second-order valence-electron chi connectivity index (χ2n) is 7.00. The Morgan fingerprint density at radius 3 is 3.00 bits per heavy atom. The molecule has 1 saturated carbocycles. The van der Waals surface area contributed by atoms with Gasteiger partial charge in [-0.05, 0) is 57.7 Å². The van der Waals surface area contributed by atoms with E-state index in [0.717, 1.165) is 31.5 Å². The van der Waals surface area contributed by atoms with Crippen LogP contribution in [0.5, 0.6) is 5.88 Å². The maximum atomic E-state index is 6.06. The van der Waals surface area contributed by atoms with Crippen molar-refractivity contribution in [3.8, 4) is 5.88 Å². The van der Waals surface area contributed by atoms with Gasteiger partial charge in [0.25, 0.3) is 0 Å². The highest BCUT2D eigenvalue weighted by molar-refractivity contribution is 5.77. The number of guanidine groups is 1. The quantitative estimate of drug-likeness (QED) is 0.586. The Hall–Kier alpha value is -1.82. The number of likely N-dealkylation sites (tertiary alicyclic amines) is 1. The molecule has 138 valence electrons. The molecule has 1 aromatic rings. The van der Waals surface area contributed by atoms with Crippen LogP contribution in [0.2, 0.25) is 0 Å². The molecule has 1 unspecified atom stereocenters. The summed E-state index contributed by atoms with van der Waals surface area (Å²) in [6, 6.07) is 4.51. The second kappa shape index (κ2) is 9.04. The Kier molecular flexibility index (Phi) is 6.50. The van der Waals surface area contributed by atoms with Crippen LogP contribution in [0.15, 0.2) is 23.3 Å². The van der Waals surface area contributed by atoms with Crippen molar-refractivity contribution in [1.29, 1.82) is 0 Å². The van der Waals surface area contributed by atoms with Crippen molar-refractivity contribution in [1.82, 2.24) is 15.2 Å². The molecule has 1 aliphatic carbocycles. The van der Waals surface area contributed by atoms with E-state index in [-0.39, 0.29) is 0 Å². The van der Waals surface area contributed by atoms with Crippen molar-refractivity contribution < 1.29 is 4.74 Å². The van der Waals surface area contributed by atoms with Crippen LogP contribution in [-0.4, -0.2) is 47.6 Å². The molecule has 0 spiro atoms. The third-order valence-corrected chi connectivity index (χ3v) is 5.27. The number of nitrogens with two attached hydrogens (primary N) is 1. The van der Waals surface area contributed by atoms with Crippen molar-refractivity contribution in [2.24, 2.45) is 10.7 Å². The van der Waals surface area contributed by atoms with E-state index in [1.807, 2.05) is 12.1 Å². The molecule has 6 heteroatoms. The number of pyridine rings is 1. The van der Waals surface area contributed by atoms with Crippen LogP contribution in [0, 0.1) is 0 Å². The number of ether oxygens (including phenoxy) is 1. The summed E-state index contributed by atoms with van der Waals surface area (Å²) in [5.74, 6) is 1.21. The number of hydrogen-bond acceptors (Lipinski definition) is 4. The topological polar surface area (TPSA) is 75.8 Å². The summed E-state index contributed by atoms with van der Waals surface area (Å²) >= 11 is 0. The average Bonchev–Trinajstić information content (AvgIpc) is 3.30. The normalized spacial score (nSPS) is 22.4. The van der Waals surface area contributed by atoms with E-state index in [1.165, 1.54) is 32.2 Å². The Morgan fingerprint density at radius 1 is 1.36 bits per heavy atom. The summed E-state index contributed by atoms with van der Waals surface area (Å²) in [6.45, 7) is 5.86. The van der Waals surface area contributed by atoms with Gasteiger partial charge >= 0.3 is 0 Å². The molecule has 3 rings (SSSR count). The highest BCUT2D eigenvalue weighted by atomic mass is 16.5. The lowest BCUT2D eigenvalue weighted by Crippen LogP contribution is -2.42. The minimum atomic E-state index is 0.301. The first-order valence-electron chi connectivity index (χ1n) is 9.64. The number of aliphatic imine (C=N–C) groups is 1. The van der Waals surface area contributed by atoms with Gasteiger partial charge in [0.15, 0.2) is 5.96 Å². The third kappa shape index (κ3) is 5.08. The fourth-order valence-electron chi connectivity index (χ4n) is 3.81. The first-order chi connectivity index (χ1) is 12.3. The lowest BCUT2D eigenvalue weighted by atomic mass is 10.2. The van der Waals surface area contributed by atoms with E-state index in [1.54, 1.807) is 6.20 Å². The molecule has 1 saturated heterocycles. The van der Waals surface area contributed by atoms with E-state index in [0.29, 0.717) is 30.5 Å². The lowest BCUT2D eigenvalue weighted by molar-refractivity contribution is 0.199. The SMILES string of the molecule is CCN1CCCC1CNC(N)=NCc1cccnc1OC1CCCC1. The van der Waals surface area contributed by atoms with Gasteiger partial charge in [0, 0.05) is 24.3 Å². The Morgan fingerprint density at radius 2 is 2.20 bits per heavy atom. The number of rotatable bonds is 7. The van der Waals surface area contributed by atoms with Gasteiger partial charge in [-0.15, -0.1) is 0 Å². The standard InChI is InChI=1S/C19H31N5O/c1-2-24-12-6-8-16(24)14-23-19(20)22-13-15-7-5-11-21-18(15)25-17-9-3-4-10-17/h5,7,11,16-17H,2-4,6,8-10,12-14H2,1H3,(H3,20,22,23). The molecular formula is C19H31N5O. The van der Waals surface area contributed by atoms with Crippen LogP contribution in [0.4, 0.5) is 0 Å². The van der Waals surface area contributed by atoms with Gasteiger partial charge in [-0.3, -0.25) is 4.90 Å². The highest BCUT2D eigenvalue weighted by Gasteiger charge is 2.22.